The van der Waals surface area contributed by atoms with Crippen molar-refractivity contribution in [3.05, 3.63) is 50.1 Å². The van der Waals surface area contributed by atoms with Crippen LogP contribution in [-0.4, -0.2) is 20.3 Å². The van der Waals surface area contributed by atoms with Crippen molar-refractivity contribution in [3.63, 3.8) is 0 Å². The maximum atomic E-state index is 6.38. The van der Waals surface area contributed by atoms with Crippen LogP contribution in [0, 0.1) is 6.92 Å². The molecule has 0 amide bonds. The summed E-state index contributed by atoms with van der Waals surface area (Å²) in [5, 5.41) is 0. The third-order valence-corrected chi connectivity index (χ3v) is 5.20. The predicted octanol–water partition coefficient (Wildman–Crippen LogP) is 3.89. The van der Waals surface area contributed by atoms with Gasteiger partial charge in [0.2, 0.25) is 0 Å². The molecule has 5 heteroatoms. The van der Waals surface area contributed by atoms with E-state index in [1.54, 1.807) is 18.4 Å². The highest BCUT2D eigenvalue weighted by Crippen LogP contribution is 2.35. The Bertz CT molecular complexity index is 551. The van der Waals surface area contributed by atoms with Crippen molar-refractivity contribution in [2.24, 2.45) is 5.73 Å². The van der Waals surface area contributed by atoms with Crippen LogP contribution in [0.15, 0.2) is 34.1 Å². The van der Waals surface area contributed by atoms with Gasteiger partial charge >= 0.3 is 0 Å². The molecule has 1 aromatic carbocycles. The molecule has 2 rings (SSSR count). The van der Waals surface area contributed by atoms with Gasteiger partial charge < -0.3 is 15.2 Å². The second kappa shape index (κ2) is 7.22. The number of thiophene rings is 1. The first-order valence-corrected chi connectivity index (χ1v) is 7.96. The number of rotatable bonds is 6. The minimum atomic E-state index is -0.177. The molecule has 0 aliphatic rings. The first-order chi connectivity index (χ1) is 9.63. The highest BCUT2D eigenvalue weighted by atomic mass is 79.9. The average Bonchev–Trinajstić information content (AvgIpc) is 2.79. The number of halogens is 1. The first-order valence-electron chi connectivity index (χ1n) is 6.35. The van der Waals surface area contributed by atoms with Crippen LogP contribution in [0.2, 0.25) is 0 Å². The average molecular weight is 356 g/mol. The van der Waals surface area contributed by atoms with E-state index in [1.807, 2.05) is 24.3 Å². The van der Waals surface area contributed by atoms with Crippen LogP contribution in [-0.2, 0) is 4.74 Å². The Morgan fingerprint density at radius 3 is 2.70 bits per heavy atom. The zero-order chi connectivity index (χ0) is 14.5. The summed E-state index contributed by atoms with van der Waals surface area (Å²) in [7, 11) is 1.66. The van der Waals surface area contributed by atoms with Crippen LogP contribution >= 0.6 is 27.3 Å². The lowest BCUT2D eigenvalue weighted by Gasteiger charge is -2.15. The van der Waals surface area contributed by atoms with E-state index >= 15 is 0 Å². The second-order valence-corrected chi connectivity index (χ2v) is 6.86. The molecular weight excluding hydrogens is 338 g/mol. The summed E-state index contributed by atoms with van der Waals surface area (Å²) in [6.07, 6.45) is 0. The van der Waals surface area contributed by atoms with Crippen molar-refractivity contribution in [1.29, 1.82) is 0 Å². The van der Waals surface area contributed by atoms with Gasteiger partial charge in [0.25, 0.3) is 0 Å². The molecule has 20 heavy (non-hydrogen) atoms. The smallest absolute Gasteiger partial charge is 0.124 e. The van der Waals surface area contributed by atoms with Gasteiger partial charge in [-0.2, -0.15) is 0 Å². The van der Waals surface area contributed by atoms with Gasteiger partial charge in [0.1, 0.15) is 12.4 Å². The molecule has 0 saturated heterocycles. The normalized spacial score (nSPS) is 12.4. The fraction of sp³-hybridized carbons (Fsp3) is 0.333. The molecule has 2 aromatic rings. The van der Waals surface area contributed by atoms with Gasteiger partial charge in [0.05, 0.1) is 16.4 Å². The van der Waals surface area contributed by atoms with Gasteiger partial charge in [-0.05, 0) is 40.5 Å². The quantitative estimate of drug-likeness (QED) is 0.799. The van der Waals surface area contributed by atoms with Crippen molar-refractivity contribution in [2.75, 3.05) is 20.3 Å². The van der Waals surface area contributed by atoms with Crippen LogP contribution in [0.3, 0.4) is 0 Å². The van der Waals surface area contributed by atoms with Crippen molar-refractivity contribution in [3.8, 4) is 5.75 Å². The second-order valence-electron chi connectivity index (χ2n) is 4.46. The van der Waals surface area contributed by atoms with Crippen molar-refractivity contribution < 1.29 is 9.47 Å². The largest absolute Gasteiger partial charge is 0.491 e. The molecule has 0 fully saturated rings. The molecule has 1 atom stereocenters. The summed E-state index contributed by atoms with van der Waals surface area (Å²) >= 11 is 5.21. The van der Waals surface area contributed by atoms with Gasteiger partial charge in [-0.25, -0.2) is 0 Å². The van der Waals surface area contributed by atoms with Gasteiger partial charge in [-0.3, -0.25) is 0 Å². The van der Waals surface area contributed by atoms with Crippen LogP contribution in [0.5, 0.6) is 5.75 Å². The minimum Gasteiger partial charge on any atom is -0.491 e. The van der Waals surface area contributed by atoms with E-state index in [0.717, 1.165) is 20.0 Å². The molecule has 108 valence electrons. The van der Waals surface area contributed by atoms with Crippen molar-refractivity contribution in [2.45, 2.75) is 13.0 Å². The summed E-state index contributed by atoms with van der Waals surface area (Å²) in [5.41, 5.74) is 8.59. The maximum Gasteiger partial charge on any atom is 0.124 e. The maximum absolute atomic E-state index is 6.38. The zero-order valence-corrected chi connectivity index (χ0v) is 14.0. The third kappa shape index (κ3) is 3.61. The molecule has 0 saturated carbocycles. The highest BCUT2D eigenvalue weighted by Gasteiger charge is 2.17. The fourth-order valence-electron chi connectivity index (χ4n) is 1.89. The topological polar surface area (TPSA) is 44.5 Å². The number of hydrogen-bond acceptors (Lipinski definition) is 4. The standard InChI is InChI=1S/C15H18BrNO2S/c1-10-9-13(20-15(10)16)14(17)11-5-3-4-6-12(11)19-8-7-18-2/h3-6,9,14H,7-8,17H2,1-2H3. The van der Waals surface area contributed by atoms with E-state index in [0.29, 0.717) is 13.2 Å². The Balaban J connectivity index is 2.22. The first kappa shape index (κ1) is 15.5. The number of nitrogens with two attached hydrogens (primary N) is 1. The van der Waals surface area contributed by atoms with Crippen LogP contribution in [0.25, 0.3) is 0 Å². The van der Waals surface area contributed by atoms with E-state index in [4.69, 9.17) is 15.2 Å². The number of hydrogen-bond donors (Lipinski definition) is 1. The molecule has 0 spiro atoms. The molecule has 1 heterocycles. The van der Waals surface area contributed by atoms with Crippen LogP contribution in [0.1, 0.15) is 22.0 Å². The molecule has 3 nitrogen and oxygen atoms in total. The number of ether oxygens (including phenoxy) is 2. The van der Waals surface area contributed by atoms with Crippen LogP contribution in [0.4, 0.5) is 0 Å². The Morgan fingerprint density at radius 1 is 1.30 bits per heavy atom. The van der Waals surface area contributed by atoms with Gasteiger partial charge in [0, 0.05) is 17.6 Å². The Kier molecular flexibility index (Phi) is 5.60. The van der Waals surface area contributed by atoms with Crippen molar-refractivity contribution in [1.82, 2.24) is 0 Å². The summed E-state index contributed by atoms with van der Waals surface area (Å²) in [4.78, 5) is 1.12. The van der Waals surface area contributed by atoms with E-state index in [9.17, 15) is 0 Å². The molecule has 2 N–H and O–H groups in total. The lowest BCUT2D eigenvalue weighted by Crippen LogP contribution is -2.13. The minimum absolute atomic E-state index is 0.177. The zero-order valence-electron chi connectivity index (χ0n) is 11.6. The Labute approximate surface area is 131 Å². The fourth-order valence-corrected chi connectivity index (χ4v) is 3.49. The van der Waals surface area contributed by atoms with Gasteiger partial charge in [-0.1, -0.05) is 18.2 Å². The SMILES string of the molecule is COCCOc1ccccc1C(N)c1cc(C)c(Br)s1. The monoisotopic (exact) mass is 355 g/mol. The Hall–Kier alpha value is -0.880. The lowest BCUT2D eigenvalue weighted by molar-refractivity contribution is 0.145. The van der Waals surface area contributed by atoms with Crippen LogP contribution < -0.4 is 10.5 Å². The molecule has 0 aliphatic carbocycles. The lowest BCUT2D eigenvalue weighted by atomic mass is 10.0. The molecule has 1 aromatic heterocycles. The molecule has 1 unspecified atom stereocenters. The number of methoxy groups -OCH3 is 1. The highest BCUT2D eigenvalue weighted by molar-refractivity contribution is 9.11. The third-order valence-electron chi connectivity index (χ3n) is 2.98. The van der Waals surface area contributed by atoms with Gasteiger partial charge in [-0.15, -0.1) is 11.3 Å². The van der Waals surface area contributed by atoms with Gasteiger partial charge in [0.15, 0.2) is 0 Å². The van der Waals surface area contributed by atoms with E-state index in [1.165, 1.54) is 5.56 Å². The van der Waals surface area contributed by atoms with Crippen molar-refractivity contribution >= 4 is 27.3 Å². The van der Waals surface area contributed by atoms with E-state index in [-0.39, 0.29) is 6.04 Å². The number of para-hydroxylation sites is 1. The summed E-state index contributed by atoms with van der Waals surface area (Å²) < 4.78 is 11.9. The van der Waals surface area contributed by atoms with E-state index in [2.05, 4.69) is 28.9 Å². The molecule has 0 aliphatic heterocycles. The summed E-state index contributed by atoms with van der Waals surface area (Å²) in [6, 6.07) is 9.83. The predicted molar refractivity (Wildman–Crippen MR) is 86.6 cm³/mol. The molecular formula is C15H18BrNO2S. The molecule has 0 bridgehead atoms. The molecule has 0 radical (unpaired) electrons. The number of benzene rings is 1. The Morgan fingerprint density at radius 2 is 2.05 bits per heavy atom. The van der Waals surface area contributed by atoms with E-state index < -0.39 is 0 Å². The summed E-state index contributed by atoms with van der Waals surface area (Å²) in [5.74, 6) is 0.819. The number of aryl methyl sites for hydroxylation is 1. The summed E-state index contributed by atoms with van der Waals surface area (Å²) in [6.45, 7) is 3.15.